The predicted octanol–water partition coefficient (Wildman–Crippen LogP) is 5.23. The number of hydrogen-bond donors (Lipinski definition) is 1. The summed E-state index contributed by atoms with van der Waals surface area (Å²) in [5, 5.41) is 3.89. The largest absolute Gasteiger partial charge is 0.342 e. The van der Waals surface area contributed by atoms with E-state index in [0.717, 1.165) is 33.8 Å². The molecule has 7 heteroatoms. The van der Waals surface area contributed by atoms with Crippen molar-refractivity contribution in [1.82, 2.24) is 9.88 Å². The number of nitrogens with zero attached hydrogens (tertiary/aromatic N) is 2. The Kier molecular flexibility index (Phi) is 5.62. The van der Waals surface area contributed by atoms with Gasteiger partial charge in [0.25, 0.3) is 11.8 Å². The minimum atomic E-state index is -0.411. The van der Waals surface area contributed by atoms with Crippen LogP contribution in [0.3, 0.4) is 0 Å². The molecular weight excluding hydrogens is 437 g/mol. The summed E-state index contributed by atoms with van der Waals surface area (Å²) in [6.45, 7) is 0.499. The fraction of sp³-hybridized carbons (Fsp3) is 0.0385. The number of carbonyl (C=O) groups excluding carboxylic acids is 2. The van der Waals surface area contributed by atoms with Crippen molar-refractivity contribution in [2.24, 2.45) is 4.99 Å². The second-order valence-corrected chi connectivity index (χ2v) is 8.54. The van der Waals surface area contributed by atoms with Gasteiger partial charge >= 0.3 is 0 Å². The summed E-state index contributed by atoms with van der Waals surface area (Å²) in [5.74, 6) is -0.991. The molecule has 33 heavy (non-hydrogen) atoms. The molecule has 0 atom stereocenters. The molecule has 0 radical (unpaired) electrons. The second kappa shape index (κ2) is 8.88. The third-order valence-electron chi connectivity index (χ3n) is 5.22. The molecule has 2 heterocycles. The van der Waals surface area contributed by atoms with Crippen molar-refractivity contribution in [3.05, 3.63) is 112 Å². The molecule has 5 nitrogen and oxygen atoms in total. The summed E-state index contributed by atoms with van der Waals surface area (Å²) >= 11 is 1.13. The van der Waals surface area contributed by atoms with Crippen molar-refractivity contribution < 1.29 is 14.0 Å². The molecule has 1 aliphatic rings. The molecule has 0 aliphatic carbocycles. The van der Waals surface area contributed by atoms with Gasteiger partial charge in [0.1, 0.15) is 5.82 Å². The van der Waals surface area contributed by atoms with Gasteiger partial charge in [-0.1, -0.05) is 48.5 Å². The molecule has 0 bridgehead atoms. The van der Waals surface area contributed by atoms with Crippen molar-refractivity contribution in [1.29, 1.82) is 0 Å². The number of amidine groups is 1. The zero-order valence-electron chi connectivity index (χ0n) is 17.4. The molecular formula is C26H18FN3O2S. The van der Waals surface area contributed by atoms with Gasteiger partial charge < -0.3 is 9.88 Å². The van der Waals surface area contributed by atoms with E-state index in [-0.39, 0.29) is 16.9 Å². The van der Waals surface area contributed by atoms with Crippen LogP contribution in [-0.4, -0.2) is 21.5 Å². The Bertz CT molecular complexity index is 1440. The van der Waals surface area contributed by atoms with Crippen LogP contribution in [0.5, 0.6) is 0 Å². The number of para-hydroxylation sites is 1. The lowest BCUT2D eigenvalue weighted by Gasteiger charge is -2.05. The number of halogens is 1. The Labute approximate surface area is 193 Å². The monoisotopic (exact) mass is 455 g/mol. The first-order chi connectivity index (χ1) is 16.1. The summed E-state index contributed by atoms with van der Waals surface area (Å²) in [4.78, 5) is 29.4. The molecule has 0 saturated carbocycles. The third kappa shape index (κ3) is 4.49. The predicted molar refractivity (Wildman–Crippen MR) is 129 cm³/mol. The second-order valence-electron chi connectivity index (χ2n) is 7.51. The normalized spacial score (nSPS) is 16.0. The fourth-order valence-electron chi connectivity index (χ4n) is 3.71. The molecule has 1 saturated heterocycles. The van der Waals surface area contributed by atoms with Crippen LogP contribution in [0.2, 0.25) is 0 Å². The average molecular weight is 456 g/mol. The fourth-order valence-corrected chi connectivity index (χ4v) is 4.52. The molecule has 1 aliphatic heterocycles. The minimum Gasteiger partial charge on any atom is -0.342 e. The van der Waals surface area contributed by atoms with Crippen molar-refractivity contribution >= 4 is 45.7 Å². The maximum absolute atomic E-state index is 13.6. The Morgan fingerprint density at radius 3 is 2.64 bits per heavy atom. The Morgan fingerprint density at radius 2 is 1.82 bits per heavy atom. The average Bonchev–Trinajstić information content (AvgIpc) is 3.34. The van der Waals surface area contributed by atoms with Crippen LogP contribution < -0.4 is 5.32 Å². The van der Waals surface area contributed by atoms with Crippen LogP contribution in [-0.2, 0) is 11.3 Å². The van der Waals surface area contributed by atoms with Gasteiger partial charge in [-0.3, -0.25) is 9.59 Å². The zero-order valence-corrected chi connectivity index (χ0v) is 18.2. The van der Waals surface area contributed by atoms with E-state index in [1.165, 1.54) is 12.1 Å². The quantitative estimate of drug-likeness (QED) is 0.429. The van der Waals surface area contributed by atoms with Crippen LogP contribution in [0.1, 0.15) is 21.5 Å². The Morgan fingerprint density at radius 1 is 1.03 bits per heavy atom. The molecule has 162 valence electrons. The Hall–Kier alpha value is -3.97. The summed E-state index contributed by atoms with van der Waals surface area (Å²) in [6.07, 6.45) is 3.74. The van der Waals surface area contributed by atoms with E-state index in [4.69, 9.17) is 0 Å². The van der Waals surface area contributed by atoms with E-state index in [0.29, 0.717) is 17.0 Å². The van der Waals surface area contributed by atoms with Gasteiger partial charge in [-0.2, -0.15) is 4.99 Å². The Balaban J connectivity index is 1.45. The summed E-state index contributed by atoms with van der Waals surface area (Å²) in [7, 11) is 0. The number of aliphatic imine (C=N–C) groups is 1. The highest BCUT2D eigenvalue weighted by atomic mass is 32.2. The first-order valence-corrected chi connectivity index (χ1v) is 11.1. The van der Waals surface area contributed by atoms with E-state index >= 15 is 0 Å². The van der Waals surface area contributed by atoms with Gasteiger partial charge in [-0.25, -0.2) is 4.39 Å². The number of benzene rings is 3. The van der Waals surface area contributed by atoms with E-state index in [1.807, 2.05) is 47.2 Å². The van der Waals surface area contributed by atoms with Gasteiger partial charge in [0.2, 0.25) is 0 Å². The molecule has 4 aromatic rings. The number of hydrogen-bond acceptors (Lipinski definition) is 3. The van der Waals surface area contributed by atoms with Crippen LogP contribution >= 0.6 is 11.8 Å². The number of carbonyl (C=O) groups is 2. The van der Waals surface area contributed by atoms with Gasteiger partial charge in [-0.05, 0) is 53.7 Å². The first kappa shape index (κ1) is 20.9. The highest BCUT2D eigenvalue weighted by Gasteiger charge is 2.25. The van der Waals surface area contributed by atoms with Crippen molar-refractivity contribution in [3.63, 3.8) is 0 Å². The minimum absolute atomic E-state index is 0.253. The van der Waals surface area contributed by atoms with Crippen LogP contribution in [0.4, 0.5) is 4.39 Å². The number of nitrogens with one attached hydrogen (secondary N) is 1. The van der Waals surface area contributed by atoms with Crippen molar-refractivity contribution in [2.75, 3.05) is 0 Å². The first-order valence-electron chi connectivity index (χ1n) is 10.3. The highest BCUT2D eigenvalue weighted by Crippen LogP contribution is 2.30. The van der Waals surface area contributed by atoms with E-state index < -0.39 is 5.91 Å². The lowest BCUT2D eigenvalue weighted by Crippen LogP contribution is -2.20. The lowest BCUT2D eigenvalue weighted by molar-refractivity contribution is -0.115. The maximum atomic E-state index is 13.6. The third-order valence-corrected chi connectivity index (χ3v) is 6.13. The topological polar surface area (TPSA) is 63.5 Å². The number of amides is 2. The standard InChI is InChI=1S/C26H18FN3O2S/c27-20-10-6-7-17(13-20)15-30-16-19(21-11-4-5-12-22(21)30)14-23-25(32)29-26(33-23)28-24(31)18-8-2-1-3-9-18/h1-14,16H,15H2,(H,28,29,31,32)/b23-14-. The summed E-state index contributed by atoms with van der Waals surface area (Å²) in [5.41, 5.74) is 3.13. The van der Waals surface area contributed by atoms with Crippen molar-refractivity contribution in [3.8, 4) is 0 Å². The number of rotatable bonds is 4. The summed E-state index contributed by atoms with van der Waals surface area (Å²) < 4.78 is 15.7. The smallest absolute Gasteiger partial charge is 0.279 e. The molecule has 0 spiro atoms. The van der Waals surface area contributed by atoms with Crippen molar-refractivity contribution in [2.45, 2.75) is 6.54 Å². The maximum Gasteiger partial charge on any atom is 0.279 e. The number of fused-ring (bicyclic) bond motifs is 1. The molecule has 0 unspecified atom stereocenters. The van der Waals surface area contributed by atoms with Gasteiger partial charge in [0, 0.05) is 34.8 Å². The highest BCUT2D eigenvalue weighted by molar-refractivity contribution is 8.18. The molecule has 2 amide bonds. The number of thioether (sulfide) groups is 1. The molecule has 3 aromatic carbocycles. The SMILES string of the molecule is O=C1NC(=NC(=O)c2ccccc2)S/C1=C\c1cn(Cc2cccc(F)c2)c2ccccc12. The van der Waals surface area contributed by atoms with E-state index in [2.05, 4.69) is 10.3 Å². The molecule has 5 rings (SSSR count). The van der Waals surface area contributed by atoms with Crippen LogP contribution in [0.15, 0.2) is 95.0 Å². The van der Waals surface area contributed by atoms with Gasteiger partial charge in [0.05, 0.1) is 4.91 Å². The molecule has 1 aromatic heterocycles. The van der Waals surface area contributed by atoms with Gasteiger partial charge in [-0.15, -0.1) is 0 Å². The van der Waals surface area contributed by atoms with Crippen LogP contribution in [0.25, 0.3) is 17.0 Å². The molecule has 1 N–H and O–H groups in total. The summed E-state index contributed by atoms with van der Waals surface area (Å²) in [6, 6.07) is 23.1. The number of aromatic nitrogens is 1. The zero-order chi connectivity index (χ0) is 22.8. The molecule has 1 fully saturated rings. The lowest BCUT2D eigenvalue weighted by atomic mass is 10.1. The van der Waals surface area contributed by atoms with Crippen LogP contribution in [0, 0.1) is 5.82 Å². The van der Waals surface area contributed by atoms with E-state index in [9.17, 15) is 14.0 Å². The van der Waals surface area contributed by atoms with E-state index in [1.54, 1.807) is 36.4 Å². The van der Waals surface area contributed by atoms with Gasteiger partial charge in [0.15, 0.2) is 5.17 Å².